The Bertz CT molecular complexity index is 633. The van der Waals surface area contributed by atoms with E-state index in [1.165, 1.54) is 11.1 Å². The second kappa shape index (κ2) is 6.89. The van der Waals surface area contributed by atoms with Crippen LogP contribution in [0.25, 0.3) is 0 Å². The van der Waals surface area contributed by atoms with Crippen LogP contribution in [0.4, 0.5) is 0 Å². The highest BCUT2D eigenvalue weighted by Crippen LogP contribution is 2.20. The first-order valence-corrected chi connectivity index (χ1v) is 9.85. The summed E-state index contributed by atoms with van der Waals surface area (Å²) in [5.41, 5.74) is 2.66. The molecule has 0 saturated carbocycles. The highest BCUT2D eigenvalue weighted by Gasteiger charge is 2.38. The summed E-state index contributed by atoms with van der Waals surface area (Å²) in [7, 11) is -3.16. The van der Waals surface area contributed by atoms with Gasteiger partial charge in [0.1, 0.15) is 5.25 Å². The predicted molar refractivity (Wildman–Crippen MR) is 90.9 cm³/mol. The topological polar surface area (TPSA) is 49.9 Å². The second-order valence-electron chi connectivity index (χ2n) is 6.78. The van der Waals surface area contributed by atoms with Crippen LogP contribution in [0.3, 0.4) is 0 Å². The largest absolute Gasteiger partial charge is 0.378 e. The zero-order chi connectivity index (χ0) is 16.4. The van der Waals surface area contributed by atoms with Crippen LogP contribution in [0.2, 0.25) is 0 Å². The molecule has 0 radical (unpaired) electrons. The van der Waals surface area contributed by atoms with Crippen molar-refractivity contribution in [1.29, 1.82) is 0 Å². The number of rotatable bonds is 5. The van der Waals surface area contributed by atoms with Crippen LogP contribution in [0, 0.1) is 0 Å². The Morgan fingerprint density at radius 1 is 1.17 bits per heavy atom. The summed E-state index contributed by atoms with van der Waals surface area (Å²) < 4.78 is 31.4. The van der Waals surface area contributed by atoms with Gasteiger partial charge >= 0.3 is 0 Å². The second-order valence-corrected chi connectivity index (χ2v) is 8.99. The third-order valence-electron chi connectivity index (χ3n) is 4.74. The summed E-state index contributed by atoms with van der Waals surface area (Å²) in [6, 6.07) is 8.70. The lowest BCUT2D eigenvalue weighted by Crippen LogP contribution is -2.54. The van der Waals surface area contributed by atoms with Gasteiger partial charge in [-0.1, -0.05) is 38.1 Å². The van der Waals surface area contributed by atoms with Gasteiger partial charge < -0.3 is 4.74 Å². The fraction of sp³-hybridized carbons (Fsp3) is 0.647. The molecule has 0 unspecified atom stereocenters. The fourth-order valence-electron chi connectivity index (χ4n) is 3.05. The molecule has 2 fully saturated rings. The molecule has 128 valence electrons. The standard InChI is InChI=1S/C17H26N2O3S/c1-14(2)16-5-3-4-15(10-16)11-18-6-8-19(9-7-18)23(20,21)17-12-22-13-17/h3-5,10,14,17H,6-9,11-13H2,1-2H3. The van der Waals surface area contributed by atoms with E-state index in [0.29, 0.717) is 32.2 Å². The average molecular weight is 338 g/mol. The van der Waals surface area contributed by atoms with E-state index in [0.717, 1.165) is 19.6 Å². The molecule has 2 aliphatic heterocycles. The lowest BCUT2D eigenvalue weighted by molar-refractivity contribution is 0.0381. The molecule has 1 aromatic carbocycles. The van der Waals surface area contributed by atoms with E-state index >= 15 is 0 Å². The van der Waals surface area contributed by atoms with Gasteiger partial charge in [0.05, 0.1) is 13.2 Å². The van der Waals surface area contributed by atoms with Crippen molar-refractivity contribution >= 4 is 10.0 Å². The SMILES string of the molecule is CC(C)c1cccc(CN2CCN(S(=O)(=O)C3COC3)CC2)c1. The van der Waals surface area contributed by atoms with E-state index in [1.807, 2.05) is 0 Å². The minimum atomic E-state index is -3.16. The molecule has 23 heavy (non-hydrogen) atoms. The number of sulfonamides is 1. The highest BCUT2D eigenvalue weighted by atomic mass is 32.2. The van der Waals surface area contributed by atoms with Crippen molar-refractivity contribution in [1.82, 2.24) is 9.21 Å². The van der Waals surface area contributed by atoms with Crippen molar-refractivity contribution in [3.05, 3.63) is 35.4 Å². The molecule has 0 atom stereocenters. The number of ether oxygens (including phenoxy) is 1. The Hall–Kier alpha value is -0.950. The Balaban J connectivity index is 1.56. The van der Waals surface area contributed by atoms with Gasteiger partial charge in [0.15, 0.2) is 0 Å². The van der Waals surface area contributed by atoms with Crippen LogP contribution in [-0.2, 0) is 21.3 Å². The molecular weight excluding hydrogens is 312 g/mol. The zero-order valence-electron chi connectivity index (χ0n) is 13.9. The van der Waals surface area contributed by atoms with Crippen LogP contribution < -0.4 is 0 Å². The van der Waals surface area contributed by atoms with Crippen LogP contribution in [0.1, 0.15) is 30.9 Å². The van der Waals surface area contributed by atoms with Gasteiger partial charge in [-0.15, -0.1) is 0 Å². The monoisotopic (exact) mass is 338 g/mol. The summed E-state index contributed by atoms with van der Waals surface area (Å²) in [5, 5.41) is -0.322. The maximum absolute atomic E-state index is 12.4. The first kappa shape index (κ1) is 16.9. The Morgan fingerprint density at radius 2 is 1.87 bits per heavy atom. The van der Waals surface area contributed by atoms with E-state index in [4.69, 9.17) is 4.74 Å². The van der Waals surface area contributed by atoms with Gasteiger partial charge in [-0.05, 0) is 17.0 Å². The molecule has 0 bridgehead atoms. The molecule has 0 aliphatic carbocycles. The number of benzene rings is 1. The van der Waals surface area contributed by atoms with Gasteiger partial charge in [-0.3, -0.25) is 4.90 Å². The van der Waals surface area contributed by atoms with Crippen LogP contribution in [-0.4, -0.2) is 62.3 Å². The van der Waals surface area contributed by atoms with Gasteiger partial charge in [0, 0.05) is 32.7 Å². The molecule has 3 rings (SSSR count). The highest BCUT2D eigenvalue weighted by molar-refractivity contribution is 7.89. The quantitative estimate of drug-likeness (QED) is 0.819. The molecule has 0 aromatic heterocycles. The number of hydrogen-bond donors (Lipinski definition) is 0. The van der Waals surface area contributed by atoms with Crippen LogP contribution in [0.15, 0.2) is 24.3 Å². The van der Waals surface area contributed by atoms with E-state index in [2.05, 4.69) is 43.0 Å². The maximum Gasteiger partial charge on any atom is 0.221 e. The fourth-order valence-corrected chi connectivity index (χ4v) is 4.68. The van der Waals surface area contributed by atoms with Crippen molar-refractivity contribution in [2.45, 2.75) is 31.6 Å². The predicted octanol–water partition coefficient (Wildman–Crippen LogP) is 1.66. The van der Waals surface area contributed by atoms with Gasteiger partial charge in [0.25, 0.3) is 0 Å². The summed E-state index contributed by atoms with van der Waals surface area (Å²) in [6.45, 7) is 8.75. The van der Waals surface area contributed by atoms with Crippen molar-refractivity contribution in [3.8, 4) is 0 Å². The normalized spacial score (nSPS) is 21.5. The van der Waals surface area contributed by atoms with Gasteiger partial charge in [-0.25, -0.2) is 8.42 Å². The molecule has 6 heteroatoms. The minimum Gasteiger partial charge on any atom is -0.378 e. The van der Waals surface area contributed by atoms with Crippen LogP contribution in [0.5, 0.6) is 0 Å². The number of piperazine rings is 1. The smallest absolute Gasteiger partial charge is 0.221 e. The molecule has 2 aliphatic rings. The molecule has 1 aromatic rings. The van der Waals surface area contributed by atoms with E-state index < -0.39 is 10.0 Å². The van der Waals surface area contributed by atoms with Gasteiger partial charge in [-0.2, -0.15) is 4.31 Å². The summed E-state index contributed by atoms with van der Waals surface area (Å²) in [5.74, 6) is 0.529. The molecule has 0 amide bonds. The molecule has 2 saturated heterocycles. The molecule has 0 N–H and O–H groups in total. The van der Waals surface area contributed by atoms with Crippen LogP contribution >= 0.6 is 0 Å². The van der Waals surface area contributed by atoms with E-state index in [-0.39, 0.29) is 5.25 Å². The molecular formula is C17H26N2O3S. The third kappa shape index (κ3) is 3.76. The summed E-state index contributed by atoms with van der Waals surface area (Å²) in [4.78, 5) is 2.34. The number of nitrogens with zero attached hydrogens (tertiary/aromatic N) is 2. The first-order chi connectivity index (χ1) is 11.0. The maximum atomic E-state index is 12.4. The zero-order valence-corrected chi connectivity index (χ0v) is 14.8. The van der Waals surface area contributed by atoms with Crippen molar-refractivity contribution in [2.75, 3.05) is 39.4 Å². The third-order valence-corrected chi connectivity index (χ3v) is 6.94. The van der Waals surface area contributed by atoms with E-state index in [1.54, 1.807) is 4.31 Å². The lowest BCUT2D eigenvalue weighted by Gasteiger charge is -2.37. The first-order valence-electron chi connectivity index (χ1n) is 8.34. The molecule has 2 heterocycles. The Morgan fingerprint density at radius 3 is 2.43 bits per heavy atom. The Labute approximate surface area is 139 Å². The Kier molecular flexibility index (Phi) is 5.06. The van der Waals surface area contributed by atoms with Gasteiger partial charge in [0.2, 0.25) is 10.0 Å². The van der Waals surface area contributed by atoms with E-state index in [9.17, 15) is 8.42 Å². The summed E-state index contributed by atoms with van der Waals surface area (Å²) >= 11 is 0. The summed E-state index contributed by atoms with van der Waals surface area (Å²) in [6.07, 6.45) is 0. The van der Waals surface area contributed by atoms with Crippen molar-refractivity contribution < 1.29 is 13.2 Å². The minimum absolute atomic E-state index is 0.322. The number of hydrogen-bond acceptors (Lipinski definition) is 4. The lowest BCUT2D eigenvalue weighted by atomic mass is 10.0. The van der Waals surface area contributed by atoms with Crippen molar-refractivity contribution in [2.24, 2.45) is 0 Å². The average Bonchev–Trinajstić information content (AvgIpc) is 2.46. The molecule has 5 nitrogen and oxygen atoms in total. The van der Waals surface area contributed by atoms with Crippen molar-refractivity contribution in [3.63, 3.8) is 0 Å². The molecule has 0 spiro atoms.